The van der Waals surface area contributed by atoms with Crippen molar-refractivity contribution in [3.05, 3.63) is 223 Å². The molecule has 9 aromatic carbocycles. The zero-order valence-electron chi connectivity index (χ0n) is 33.1. The van der Waals surface area contributed by atoms with Gasteiger partial charge >= 0.3 is 0 Å². The summed E-state index contributed by atoms with van der Waals surface area (Å²) in [5, 5.41) is 2.30. The van der Waals surface area contributed by atoms with Gasteiger partial charge in [0.15, 0.2) is 0 Å². The van der Waals surface area contributed by atoms with Crippen LogP contribution in [-0.4, -0.2) is 0 Å². The van der Waals surface area contributed by atoms with E-state index in [1.165, 1.54) is 61.2 Å². The Morgan fingerprint density at radius 3 is 1.58 bits per heavy atom. The fourth-order valence-corrected chi connectivity index (χ4v) is 9.37. The van der Waals surface area contributed by atoms with E-state index in [9.17, 15) is 0 Å². The molecule has 2 heteroatoms. The van der Waals surface area contributed by atoms with E-state index in [0.29, 0.717) is 0 Å². The van der Waals surface area contributed by atoms with Crippen molar-refractivity contribution in [1.29, 1.82) is 0 Å². The van der Waals surface area contributed by atoms with Crippen LogP contribution in [0.4, 0.5) is 17.1 Å². The predicted molar refractivity (Wildman–Crippen MR) is 248 cm³/mol. The van der Waals surface area contributed by atoms with E-state index in [4.69, 9.17) is 4.42 Å². The summed E-state index contributed by atoms with van der Waals surface area (Å²) < 4.78 is 6.63. The van der Waals surface area contributed by atoms with Crippen molar-refractivity contribution in [3.63, 3.8) is 0 Å². The molecule has 0 unspecified atom stereocenters. The van der Waals surface area contributed by atoms with Crippen molar-refractivity contribution in [1.82, 2.24) is 0 Å². The van der Waals surface area contributed by atoms with Crippen LogP contribution in [0.25, 0.3) is 77.6 Å². The standard InChI is InChI=1S/C57H41NO/c1-57(2)49-35-34-45(36-48(49)55-50(57)37-53-56(47-23-13-15-25-52(47)59-53)54(55)43-20-10-5-11-21-43)58(44-32-30-41(31-33-44)39-18-8-4-9-19-39)51-24-14-12-22-46(51)42-28-26-40(27-29-42)38-16-6-3-7-17-38/h3-37H,1-2H3. The van der Waals surface area contributed by atoms with E-state index in [-0.39, 0.29) is 5.41 Å². The van der Waals surface area contributed by atoms with Crippen LogP contribution in [0.15, 0.2) is 217 Å². The van der Waals surface area contributed by atoms with Gasteiger partial charge in [-0.25, -0.2) is 0 Å². The highest BCUT2D eigenvalue weighted by Crippen LogP contribution is 2.57. The van der Waals surface area contributed by atoms with E-state index in [1.807, 2.05) is 0 Å². The first-order valence-corrected chi connectivity index (χ1v) is 20.4. The van der Waals surface area contributed by atoms with Crippen molar-refractivity contribution in [2.45, 2.75) is 19.3 Å². The van der Waals surface area contributed by atoms with E-state index in [2.05, 4.69) is 231 Å². The Labute approximate surface area is 345 Å². The van der Waals surface area contributed by atoms with Gasteiger partial charge in [-0.15, -0.1) is 0 Å². The van der Waals surface area contributed by atoms with Crippen molar-refractivity contribution < 1.29 is 4.42 Å². The summed E-state index contributed by atoms with van der Waals surface area (Å²) >= 11 is 0. The zero-order chi connectivity index (χ0) is 39.5. The minimum atomic E-state index is -0.250. The molecule has 2 nitrogen and oxygen atoms in total. The summed E-state index contributed by atoms with van der Waals surface area (Å²) in [6.45, 7) is 4.71. The van der Waals surface area contributed by atoms with Gasteiger partial charge in [-0.3, -0.25) is 0 Å². The molecule has 59 heavy (non-hydrogen) atoms. The predicted octanol–water partition coefficient (Wildman–Crippen LogP) is 16.0. The molecule has 0 amide bonds. The highest BCUT2D eigenvalue weighted by atomic mass is 16.3. The number of anilines is 3. The molecule has 0 spiro atoms. The minimum absolute atomic E-state index is 0.250. The first-order chi connectivity index (χ1) is 29.0. The van der Waals surface area contributed by atoms with E-state index < -0.39 is 0 Å². The lowest BCUT2D eigenvalue weighted by Gasteiger charge is -2.29. The molecule has 1 aromatic heterocycles. The molecule has 0 saturated heterocycles. The molecule has 11 rings (SSSR count). The van der Waals surface area contributed by atoms with E-state index >= 15 is 0 Å². The molecule has 280 valence electrons. The zero-order valence-corrected chi connectivity index (χ0v) is 33.1. The molecular formula is C57H41NO. The number of hydrogen-bond acceptors (Lipinski definition) is 2. The maximum absolute atomic E-state index is 6.63. The lowest BCUT2D eigenvalue weighted by molar-refractivity contribution is 0.647. The number of rotatable bonds is 7. The van der Waals surface area contributed by atoms with E-state index in [1.54, 1.807) is 0 Å². The van der Waals surface area contributed by atoms with Crippen molar-refractivity contribution in [3.8, 4) is 55.6 Å². The lowest BCUT2D eigenvalue weighted by atomic mass is 9.81. The van der Waals surface area contributed by atoms with Gasteiger partial charge in [0.05, 0.1) is 5.69 Å². The Morgan fingerprint density at radius 2 is 0.898 bits per heavy atom. The quantitative estimate of drug-likeness (QED) is 0.161. The van der Waals surface area contributed by atoms with Crippen LogP contribution >= 0.6 is 0 Å². The van der Waals surface area contributed by atoms with Crippen LogP contribution in [0.3, 0.4) is 0 Å². The third-order valence-corrected chi connectivity index (χ3v) is 12.3. The molecule has 0 saturated carbocycles. The topological polar surface area (TPSA) is 16.4 Å². The van der Waals surface area contributed by atoms with Gasteiger partial charge in [-0.05, 0) is 98.1 Å². The van der Waals surface area contributed by atoms with Gasteiger partial charge in [-0.2, -0.15) is 0 Å². The molecule has 0 N–H and O–H groups in total. The SMILES string of the molecule is CC1(C)c2ccc(N(c3ccc(-c4ccccc4)cc3)c3ccccc3-c3ccc(-c4ccccc4)cc3)cc2-c2c1cc1oc3ccccc3c1c2-c1ccccc1. The number of para-hydroxylation sites is 2. The van der Waals surface area contributed by atoms with Gasteiger partial charge in [-0.1, -0.05) is 184 Å². The largest absolute Gasteiger partial charge is 0.456 e. The van der Waals surface area contributed by atoms with Gasteiger partial charge in [0.2, 0.25) is 0 Å². The second-order valence-corrected chi connectivity index (χ2v) is 16.1. The fourth-order valence-electron chi connectivity index (χ4n) is 9.37. The maximum Gasteiger partial charge on any atom is 0.136 e. The van der Waals surface area contributed by atoms with Crippen molar-refractivity contribution in [2.75, 3.05) is 4.90 Å². The third kappa shape index (κ3) is 5.79. The first-order valence-electron chi connectivity index (χ1n) is 20.4. The summed E-state index contributed by atoms with van der Waals surface area (Å²) in [5.74, 6) is 0. The molecule has 1 aliphatic carbocycles. The third-order valence-electron chi connectivity index (χ3n) is 12.3. The fraction of sp³-hybridized carbons (Fsp3) is 0.0526. The summed E-state index contributed by atoms with van der Waals surface area (Å²) in [7, 11) is 0. The average molecular weight is 756 g/mol. The second kappa shape index (κ2) is 13.9. The maximum atomic E-state index is 6.63. The normalized spacial score (nSPS) is 12.7. The number of nitrogens with zero attached hydrogens (tertiary/aromatic N) is 1. The Morgan fingerprint density at radius 1 is 0.373 bits per heavy atom. The van der Waals surface area contributed by atoms with Crippen LogP contribution in [0.5, 0.6) is 0 Å². The number of fused-ring (bicyclic) bond motifs is 6. The van der Waals surface area contributed by atoms with Crippen LogP contribution < -0.4 is 4.90 Å². The Hall–Kier alpha value is -7.42. The molecule has 0 aliphatic heterocycles. The molecule has 0 radical (unpaired) electrons. The molecule has 0 fully saturated rings. The molecular weight excluding hydrogens is 715 g/mol. The van der Waals surface area contributed by atoms with Gasteiger partial charge in [0.25, 0.3) is 0 Å². The second-order valence-electron chi connectivity index (χ2n) is 16.1. The van der Waals surface area contributed by atoms with Gasteiger partial charge in [0.1, 0.15) is 11.2 Å². The summed E-state index contributed by atoms with van der Waals surface area (Å²) in [5.41, 5.74) is 19.6. The molecule has 0 bridgehead atoms. The van der Waals surface area contributed by atoms with Gasteiger partial charge in [0, 0.05) is 38.7 Å². The average Bonchev–Trinajstić information content (AvgIpc) is 3.78. The minimum Gasteiger partial charge on any atom is -0.456 e. The van der Waals surface area contributed by atoms with Crippen LogP contribution in [0.2, 0.25) is 0 Å². The highest BCUT2D eigenvalue weighted by molar-refractivity contribution is 6.18. The van der Waals surface area contributed by atoms with E-state index in [0.717, 1.165) is 44.6 Å². The Kier molecular flexibility index (Phi) is 8.20. The molecule has 1 aliphatic rings. The Bertz CT molecular complexity index is 3140. The van der Waals surface area contributed by atoms with Crippen molar-refractivity contribution >= 4 is 39.0 Å². The van der Waals surface area contributed by atoms with Crippen LogP contribution in [0.1, 0.15) is 25.0 Å². The molecule has 10 aromatic rings. The van der Waals surface area contributed by atoms with Crippen molar-refractivity contribution in [2.24, 2.45) is 0 Å². The summed E-state index contributed by atoms with van der Waals surface area (Å²) in [4.78, 5) is 2.44. The summed E-state index contributed by atoms with van der Waals surface area (Å²) in [6, 6.07) is 76.8. The highest BCUT2D eigenvalue weighted by Gasteiger charge is 2.39. The number of benzene rings is 9. The Balaban J connectivity index is 1.13. The monoisotopic (exact) mass is 755 g/mol. The van der Waals surface area contributed by atoms with Crippen LogP contribution in [0, 0.1) is 0 Å². The summed E-state index contributed by atoms with van der Waals surface area (Å²) in [6.07, 6.45) is 0. The van der Waals surface area contributed by atoms with Crippen LogP contribution in [-0.2, 0) is 5.41 Å². The van der Waals surface area contributed by atoms with Gasteiger partial charge < -0.3 is 9.32 Å². The molecule has 0 atom stereocenters. The number of furan rings is 1. The molecule has 1 heterocycles. The lowest BCUT2D eigenvalue weighted by Crippen LogP contribution is -2.15. The smallest absolute Gasteiger partial charge is 0.136 e. The first kappa shape index (κ1) is 34.8. The number of hydrogen-bond donors (Lipinski definition) is 0.